The SMILES string of the molecule is COC(C)(C)CNS(=O)(=O)c1ccc(N)cc1[N+](=O)[O-]. The third-order valence-electron chi connectivity index (χ3n) is 2.71. The minimum atomic E-state index is -4.02. The van der Waals surface area contributed by atoms with Crippen LogP contribution in [0.2, 0.25) is 0 Å². The van der Waals surface area contributed by atoms with E-state index in [1.807, 2.05) is 0 Å². The molecule has 0 saturated heterocycles. The lowest BCUT2D eigenvalue weighted by molar-refractivity contribution is -0.387. The summed E-state index contributed by atoms with van der Waals surface area (Å²) in [5.74, 6) is 0. The van der Waals surface area contributed by atoms with E-state index in [-0.39, 0.29) is 12.2 Å². The van der Waals surface area contributed by atoms with E-state index in [2.05, 4.69) is 4.72 Å². The van der Waals surface area contributed by atoms with E-state index in [1.165, 1.54) is 13.2 Å². The summed E-state index contributed by atoms with van der Waals surface area (Å²) >= 11 is 0. The van der Waals surface area contributed by atoms with E-state index in [9.17, 15) is 18.5 Å². The summed E-state index contributed by atoms with van der Waals surface area (Å²) < 4.78 is 31.6. The van der Waals surface area contributed by atoms with Crippen LogP contribution in [0.1, 0.15) is 13.8 Å². The molecule has 0 saturated carbocycles. The summed E-state index contributed by atoms with van der Waals surface area (Å²) in [7, 11) is -2.58. The Morgan fingerprint density at radius 3 is 2.55 bits per heavy atom. The lowest BCUT2D eigenvalue weighted by Crippen LogP contribution is -2.39. The maximum Gasteiger partial charge on any atom is 0.291 e. The number of nitro groups is 1. The van der Waals surface area contributed by atoms with Crippen LogP contribution >= 0.6 is 0 Å². The van der Waals surface area contributed by atoms with Crippen LogP contribution in [0.15, 0.2) is 23.1 Å². The standard InChI is InChI=1S/C11H17N3O5S/c1-11(2,19-3)7-13-20(17,18)10-5-4-8(12)6-9(10)14(15)16/h4-6,13H,7,12H2,1-3H3. The predicted octanol–water partition coefficient (Wildman–Crippen LogP) is 0.880. The van der Waals surface area contributed by atoms with Gasteiger partial charge >= 0.3 is 0 Å². The number of rotatable bonds is 6. The summed E-state index contributed by atoms with van der Waals surface area (Å²) in [6.07, 6.45) is 0. The fourth-order valence-electron chi connectivity index (χ4n) is 1.32. The summed E-state index contributed by atoms with van der Waals surface area (Å²) in [6.45, 7) is 3.35. The third kappa shape index (κ3) is 3.89. The topological polar surface area (TPSA) is 125 Å². The number of hydrogen-bond donors (Lipinski definition) is 2. The van der Waals surface area contributed by atoms with Gasteiger partial charge in [-0.25, -0.2) is 13.1 Å². The van der Waals surface area contributed by atoms with Gasteiger partial charge in [-0.2, -0.15) is 0 Å². The van der Waals surface area contributed by atoms with Crippen molar-refractivity contribution in [2.24, 2.45) is 0 Å². The zero-order valence-corrected chi connectivity index (χ0v) is 12.2. The van der Waals surface area contributed by atoms with Gasteiger partial charge in [0.2, 0.25) is 10.0 Å². The summed E-state index contributed by atoms with van der Waals surface area (Å²) in [4.78, 5) is 9.70. The van der Waals surface area contributed by atoms with Crippen molar-refractivity contribution in [1.82, 2.24) is 4.72 Å². The van der Waals surface area contributed by atoms with Gasteiger partial charge in [0.1, 0.15) is 0 Å². The maximum atomic E-state index is 12.1. The first-order valence-electron chi connectivity index (χ1n) is 5.68. The second kappa shape index (κ2) is 5.73. The first-order valence-corrected chi connectivity index (χ1v) is 7.16. The van der Waals surface area contributed by atoms with Crippen molar-refractivity contribution < 1.29 is 18.1 Å². The molecule has 0 aliphatic rings. The summed E-state index contributed by atoms with van der Waals surface area (Å²) in [6, 6.07) is 3.41. The molecule has 112 valence electrons. The van der Waals surface area contributed by atoms with Crippen LogP contribution in [0.25, 0.3) is 0 Å². The Labute approximate surface area is 117 Å². The second-order valence-corrected chi connectivity index (χ2v) is 6.51. The van der Waals surface area contributed by atoms with Crippen molar-refractivity contribution in [3.05, 3.63) is 28.3 Å². The molecule has 1 rings (SSSR count). The minimum absolute atomic E-state index is 0.0205. The number of nitro benzene ring substituents is 1. The Kier molecular flexibility index (Phi) is 4.69. The fourth-order valence-corrected chi connectivity index (χ4v) is 2.67. The number of hydrogen-bond acceptors (Lipinski definition) is 6. The highest BCUT2D eigenvalue weighted by molar-refractivity contribution is 7.89. The Hall–Kier alpha value is -1.71. The molecular formula is C11H17N3O5S. The van der Waals surface area contributed by atoms with E-state index in [1.54, 1.807) is 13.8 Å². The normalized spacial score (nSPS) is 12.3. The van der Waals surface area contributed by atoms with Crippen LogP contribution in [0.5, 0.6) is 0 Å². The van der Waals surface area contributed by atoms with E-state index < -0.39 is 31.1 Å². The highest BCUT2D eigenvalue weighted by Crippen LogP contribution is 2.26. The van der Waals surface area contributed by atoms with Crippen LogP contribution in [0.4, 0.5) is 11.4 Å². The number of nitrogens with two attached hydrogens (primary N) is 1. The van der Waals surface area contributed by atoms with Gasteiger partial charge in [-0.3, -0.25) is 10.1 Å². The van der Waals surface area contributed by atoms with Crippen molar-refractivity contribution >= 4 is 21.4 Å². The average Bonchev–Trinajstić information content (AvgIpc) is 2.36. The second-order valence-electron chi connectivity index (χ2n) is 4.77. The Morgan fingerprint density at radius 2 is 2.05 bits per heavy atom. The molecule has 0 fully saturated rings. The highest BCUT2D eigenvalue weighted by atomic mass is 32.2. The van der Waals surface area contributed by atoms with Crippen LogP contribution in [-0.2, 0) is 14.8 Å². The number of benzene rings is 1. The number of nitrogens with one attached hydrogen (secondary N) is 1. The van der Waals surface area contributed by atoms with Gasteiger partial charge in [0.25, 0.3) is 5.69 Å². The van der Waals surface area contributed by atoms with Gasteiger partial charge in [0.05, 0.1) is 10.5 Å². The fraction of sp³-hybridized carbons (Fsp3) is 0.455. The molecule has 0 bridgehead atoms. The molecule has 0 heterocycles. The van der Waals surface area contributed by atoms with Crippen molar-refractivity contribution in [3.8, 4) is 0 Å². The van der Waals surface area contributed by atoms with Crippen LogP contribution in [0.3, 0.4) is 0 Å². The molecule has 9 heteroatoms. The third-order valence-corrected chi connectivity index (χ3v) is 4.16. The number of methoxy groups -OCH3 is 1. The van der Waals surface area contributed by atoms with Crippen molar-refractivity contribution in [1.29, 1.82) is 0 Å². The number of nitrogens with zero attached hydrogens (tertiary/aromatic N) is 1. The molecule has 0 radical (unpaired) electrons. The van der Waals surface area contributed by atoms with Crippen molar-refractivity contribution in [3.63, 3.8) is 0 Å². The summed E-state index contributed by atoms with van der Waals surface area (Å²) in [5, 5.41) is 10.9. The highest BCUT2D eigenvalue weighted by Gasteiger charge is 2.28. The monoisotopic (exact) mass is 303 g/mol. The zero-order chi connectivity index (χ0) is 15.6. The van der Waals surface area contributed by atoms with Gasteiger partial charge in [0, 0.05) is 25.4 Å². The van der Waals surface area contributed by atoms with Gasteiger partial charge in [-0.1, -0.05) is 0 Å². The van der Waals surface area contributed by atoms with E-state index in [4.69, 9.17) is 10.5 Å². The minimum Gasteiger partial charge on any atom is -0.399 e. The molecule has 0 aliphatic carbocycles. The van der Waals surface area contributed by atoms with Crippen molar-refractivity contribution in [2.75, 3.05) is 19.4 Å². The van der Waals surface area contributed by atoms with Gasteiger partial charge in [0.15, 0.2) is 4.90 Å². The smallest absolute Gasteiger partial charge is 0.291 e. The maximum absolute atomic E-state index is 12.1. The molecule has 1 aromatic rings. The van der Waals surface area contributed by atoms with Crippen molar-refractivity contribution in [2.45, 2.75) is 24.3 Å². The molecule has 0 spiro atoms. The Balaban J connectivity index is 3.13. The largest absolute Gasteiger partial charge is 0.399 e. The molecule has 0 aromatic heterocycles. The van der Waals surface area contributed by atoms with Gasteiger partial charge in [-0.05, 0) is 26.0 Å². The Bertz CT molecular complexity index is 612. The molecular weight excluding hydrogens is 286 g/mol. The quantitative estimate of drug-likeness (QED) is 0.456. The van der Waals surface area contributed by atoms with Crippen LogP contribution < -0.4 is 10.5 Å². The molecule has 0 unspecified atom stereocenters. The molecule has 20 heavy (non-hydrogen) atoms. The number of ether oxygens (including phenoxy) is 1. The predicted molar refractivity (Wildman–Crippen MR) is 73.8 cm³/mol. The number of nitrogen functional groups attached to an aromatic ring is 1. The molecule has 8 nitrogen and oxygen atoms in total. The summed E-state index contributed by atoms with van der Waals surface area (Å²) in [5.41, 5.74) is 4.26. The zero-order valence-electron chi connectivity index (χ0n) is 11.4. The van der Waals surface area contributed by atoms with E-state index >= 15 is 0 Å². The lowest BCUT2D eigenvalue weighted by Gasteiger charge is -2.22. The van der Waals surface area contributed by atoms with Crippen LogP contribution in [0, 0.1) is 10.1 Å². The van der Waals surface area contributed by atoms with Crippen LogP contribution in [-0.4, -0.2) is 32.6 Å². The first-order chi connectivity index (χ1) is 9.09. The molecule has 0 amide bonds. The number of anilines is 1. The number of sulfonamides is 1. The molecule has 0 atom stereocenters. The Morgan fingerprint density at radius 1 is 1.45 bits per heavy atom. The first kappa shape index (κ1) is 16.3. The lowest BCUT2D eigenvalue weighted by atomic mass is 10.1. The van der Waals surface area contributed by atoms with E-state index in [0.29, 0.717) is 0 Å². The van der Waals surface area contributed by atoms with E-state index in [0.717, 1.165) is 12.1 Å². The molecule has 3 N–H and O–H groups in total. The van der Waals surface area contributed by atoms with Gasteiger partial charge < -0.3 is 10.5 Å². The average molecular weight is 303 g/mol. The van der Waals surface area contributed by atoms with Gasteiger partial charge in [-0.15, -0.1) is 0 Å². The molecule has 1 aromatic carbocycles. The molecule has 0 aliphatic heterocycles.